The normalized spacial score (nSPS) is 12.1. The third-order valence-corrected chi connectivity index (χ3v) is 5.19. The number of pyridine rings is 2. The lowest BCUT2D eigenvalue weighted by molar-refractivity contribution is -0.361. The van der Waals surface area contributed by atoms with E-state index in [0.717, 1.165) is 28.0 Å². The monoisotopic (exact) mass is 370 g/mol. The number of fused-ring (bicyclic) bond motifs is 1. The molecule has 1 atom stereocenters. The van der Waals surface area contributed by atoms with E-state index in [1.165, 1.54) is 11.1 Å². The number of hydrogen-bond acceptors (Lipinski definition) is 3. The molecule has 4 aromatic rings. The number of anilines is 1. The standard InChI is InChI=1S/C24H23N3O/c1-15-7-9-19(14-16(15)2)22(27-21-6-4-5-13-25-21)20-12-11-18-10-8-17(3)26-23(18)24(20)28/h4-14,22,28H,1-3H3,(H,25,27)/p+1/t22-/m1/s1. The van der Waals surface area contributed by atoms with E-state index < -0.39 is 0 Å². The molecule has 0 aliphatic heterocycles. The number of aryl methyl sites for hydroxylation is 3. The second-order valence-corrected chi connectivity index (χ2v) is 7.23. The Balaban J connectivity index is 1.88. The molecule has 3 N–H and O–H groups in total. The van der Waals surface area contributed by atoms with E-state index in [0.29, 0.717) is 5.52 Å². The fourth-order valence-electron chi connectivity index (χ4n) is 3.44. The van der Waals surface area contributed by atoms with Gasteiger partial charge in [-0.1, -0.05) is 36.4 Å². The summed E-state index contributed by atoms with van der Waals surface area (Å²) in [5.41, 5.74) is 5.86. The Hall–Kier alpha value is -3.40. The molecule has 140 valence electrons. The third kappa shape index (κ3) is 3.41. The molecule has 2 heterocycles. The summed E-state index contributed by atoms with van der Waals surface area (Å²) in [4.78, 5) is 7.79. The number of phenols is 1. The van der Waals surface area contributed by atoms with Gasteiger partial charge in [-0.15, -0.1) is 0 Å². The number of nitrogens with zero attached hydrogens (tertiary/aromatic N) is 1. The maximum absolute atomic E-state index is 11.1. The Morgan fingerprint density at radius 1 is 0.929 bits per heavy atom. The number of aromatic amines is 1. The number of benzene rings is 2. The zero-order valence-electron chi connectivity index (χ0n) is 16.3. The fourth-order valence-corrected chi connectivity index (χ4v) is 3.44. The molecular weight excluding hydrogens is 346 g/mol. The first-order valence-corrected chi connectivity index (χ1v) is 9.42. The molecule has 2 aromatic heterocycles. The first kappa shape index (κ1) is 18.0. The summed E-state index contributed by atoms with van der Waals surface area (Å²) < 4.78 is 0. The molecule has 0 radical (unpaired) electrons. The lowest BCUT2D eigenvalue weighted by Gasteiger charge is -2.18. The Morgan fingerprint density at radius 3 is 2.50 bits per heavy atom. The first-order valence-electron chi connectivity index (χ1n) is 9.42. The van der Waals surface area contributed by atoms with E-state index in [9.17, 15) is 5.11 Å². The number of hydrogen-bond donors (Lipinski definition) is 2. The summed E-state index contributed by atoms with van der Waals surface area (Å²) in [5, 5.41) is 15.6. The molecule has 0 saturated heterocycles. The molecule has 0 spiro atoms. The molecule has 4 nitrogen and oxygen atoms in total. The van der Waals surface area contributed by atoms with E-state index in [2.05, 4.69) is 47.3 Å². The van der Waals surface area contributed by atoms with Gasteiger partial charge in [-0.2, -0.15) is 0 Å². The Labute approximate surface area is 164 Å². The Morgan fingerprint density at radius 2 is 1.75 bits per heavy atom. The van der Waals surface area contributed by atoms with Crippen LogP contribution < -0.4 is 10.3 Å². The van der Waals surface area contributed by atoms with Crippen molar-refractivity contribution in [3.05, 3.63) is 94.8 Å². The summed E-state index contributed by atoms with van der Waals surface area (Å²) in [7, 11) is 0. The van der Waals surface area contributed by atoms with Crippen LogP contribution in [0.1, 0.15) is 34.0 Å². The molecule has 4 rings (SSSR count). The minimum atomic E-state index is -0.218. The molecular formula is C24H24N3O+. The summed E-state index contributed by atoms with van der Waals surface area (Å²) in [6.45, 7) is 6.14. The van der Waals surface area contributed by atoms with Gasteiger partial charge in [0.1, 0.15) is 17.3 Å². The van der Waals surface area contributed by atoms with Crippen molar-refractivity contribution in [3.8, 4) is 5.75 Å². The minimum Gasteiger partial charge on any atom is -0.505 e. The van der Waals surface area contributed by atoms with Crippen LogP contribution in [0.5, 0.6) is 5.75 Å². The van der Waals surface area contributed by atoms with Crippen molar-refractivity contribution in [3.63, 3.8) is 0 Å². The van der Waals surface area contributed by atoms with Gasteiger partial charge in [0.15, 0.2) is 0 Å². The zero-order valence-corrected chi connectivity index (χ0v) is 16.3. The fraction of sp³-hybridized carbons (Fsp3) is 0.167. The summed E-state index contributed by atoms with van der Waals surface area (Å²) in [6.07, 6.45) is 1.88. The van der Waals surface area contributed by atoms with E-state index in [1.807, 2.05) is 55.6 Å². The number of aromatic hydroxyl groups is 1. The van der Waals surface area contributed by atoms with Gasteiger partial charge < -0.3 is 5.11 Å². The molecule has 0 saturated carbocycles. The minimum absolute atomic E-state index is 0.216. The van der Waals surface area contributed by atoms with Crippen LogP contribution >= 0.6 is 0 Å². The van der Waals surface area contributed by atoms with Crippen molar-refractivity contribution in [2.24, 2.45) is 0 Å². The van der Waals surface area contributed by atoms with Crippen molar-refractivity contribution >= 4 is 16.7 Å². The van der Waals surface area contributed by atoms with E-state index in [1.54, 1.807) is 0 Å². The predicted octanol–water partition coefficient (Wildman–Crippen LogP) is 4.88. The van der Waals surface area contributed by atoms with Crippen LogP contribution in [0, 0.1) is 20.8 Å². The molecule has 28 heavy (non-hydrogen) atoms. The molecule has 4 heteroatoms. The van der Waals surface area contributed by atoms with Crippen LogP contribution in [0.25, 0.3) is 10.9 Å². The van der Waals surface area contributed by atoms with Crippen molar-refractivity contribution < 1.29 is 10.1 Å². The second kappa shape index (κ2) is 7.31. The number of phenolic OH excluding ortho intramolecular Hbond substituents is 1. The lowest BCUT2D eigenvalue weighted by atomic mass is 9.94. The summed E-state index contributed by atoms with van der Waals surface area (Å²) in [5.74, 6) is 1.09. The van der Waals surface area contributed by atoms with Crippen LogP contribution in [-0.4, -0.2) is 10.1 Å². The number of aromatic nitrogens is 2. The topological polar surface area (TPSA) is 59.3 Å². The molecule has 0 amide bonds. The molecule has 0 aliphatic carbocycles. The highest BCUT2D eigenvalue weighted by Crippen LogP contribution is 2.36. The average molecular weight is 370 g/mol. The maximum atomic E-state index is 11.1. The average Bonchev–Trinajstić information content (AvgIpc) is 2.70. The van der Waals surface area contributed by atoms with E-state index >= 15 is 0 Å². The lowest BCUT2D eigenvalue weighted by Crippen LogP contribution is -2.19. The van der Waals surface area contributed by atoms with E-state index in [4.69, 9.17) is 0 Å². The van der Waals surface area contributed by atoms with Gasteiger partial charge in [-0.25, -0.2) is 9.97 Å². The zero-order chi connectivity index (χ0) is 19.7. The summed E-state index contributed by atoms with van der Waals surface area (Å²) in [6, 6.07) is 20.0. The number of H-pyrrole nitrogens is 1. The SMILES string of the molecule is Cc1ccc2ccc([C@H](Nc3cccc[nH+]3)c3ccc(C)c(C)c3)c(O)c2n1. The van der Waals surface area contributed by atoms with Gasteiger partial charge >= 0.3 is 0 Å². The van der Waals surface area contributed by atoms with Crippen molar-refractivity contribution in [1.29, 1.82) is 0 Å². The van der Waals surface area contributed by atoms with Crippen molar-refractivity contribution in [2.75, 3.05) is 5.32 Å². The second-order valence-electron chi connectivity index (χ2n) is 7.23. The first-order chi connectivity index (χ1) is 13.5. The number of rotatable bonds is 4. The van der Waals surface area contributed by atoms with Gasteiger partial charge in [0.25, 0.3) is 5.82 Å². The van der Waals surface area contributed by atoms with Crippen molar-refractivity contribution in [2.45, 2.75) is 26.8 Å². The van der Waals surface area contributed by atoms with Crippen LogP contribution in [0.4, 0.5) is 5.82 Å². The van der Waals surface area contributed by atoms with E-state index in [-0.39, 0.29) is 11.8 Å². The van der Waals surface area contributed by atoms with Crippen LogP contribution in [0.15, 0.2) is 66.9 Å². The third-order valence-electron chi connectivity index (χ3n) is 5.19. The Bertz CT molecular complexity index is 1140. The molecule has 0 aliphatic rings. The highest BCUT2D eigenvalue weighted by molar-refractivity contribution is 5.86. The highest BCUT2D eigenvalue weighted by Gasteiger charge is 2.24. The number of nitrogens with one attached hydrogen (secondary N) is 2. The molecule has 0 bridgehead atoms. The van der Waals surface area contributed by atoms with Gasteiger partial charge in [0.2, 0.25) is 0 Å². The van der Waals surface area contributed by atoms with Crippen LogP contribution in [0.3, 0.4) is 0 Å². The van der Waals surface area contributed by atoms with Gasteiger partial charge in [0, 0.05) is 28.3 Å². The highest BCUT2D eigenvalue weighted by atomic mass is 16.3. The largest absolute Gasteiger partial charge is 0.505 e. The van der Waals surface area contributed by atoms with Crippen LogP contribution in [-0.2, 0) is 0 Å². The van der Waals surface area contributed by atoms with Gasteiger partial charge in [-0.05, 0) is 50.1 Å². The summed E-state index contributed by atoms with van der Waals surface area (Å²) >= 11 is 0. The molecule has 0 unspecified atom stereocenters. The quantitative estimate of drug-likeness (QED) is 0.538. The maximum Gasteiger partial charge on any atom is 0.272 e. The van der Waals surface area contributed by atoms with Crippen LogP contribution in [0.2, 0.25) is 0 Å². The smallest absolute Gasteiger partial charge is 0.272 e. The predicted molar refractivity (Wildman–Crippen MR) is 113 cm³/mol. The van der Waals surface area contributed by atoms with Gasteiger partial charge in [0.05, 0.1) is 6.20 Å². The Kier molecular flexibility index (Phi) is 4.70. The molecule has 2 aromatic carbocycles. The van der Waals surface area contributed by atoms with Gasteiger partial charge in [-0.3, -0.25) is 5.32 Å². The van der Waals surface area contributed by atoms with Crippen molar-refractivity contribution in [1.82, 2.24) is 4.98 Å². The molecule has 0 fully saturated rings.